The molecular weight excluding hydrogens is 250 g/mol. The first-order valence-corrected chi connectivity index (χ1v) is 7.27. The highest BCUT2D eigenvalue weighted by Crippen LogP contribution is 2.15. The second-order valence-electron chi connectivity index (χ2n) is 5.00. The van der Waals surface area contributed by atoms with Gasteiger partial charge in [-0.2, -0.15) is 0 Å². The van der Waals surface area contributed by atoms with E-state index in [-0.39, 0.29) is 5.91 Å². The van der Waals surface area contributed by atoms with E-state index in [0.717, 1.165) is 18.6 Å². The third kappa shape index (κ3) is 6.53. The molecule has 1 amide bonds. The molecule has 0 aromatic heterocycles. The third-order valence-electron chi connectivity index (χ3n) is 3.00. The van der Waals surface area contributed by atoms with Crippen LogP contribution < -0.4 is 5.32 Å². The van der Waals surface area contributed by atoms with Gasteiger partial charge in [-0.15, -0.1) is 0 Å². The summed E-state index contributed by atoms with van der Waals surface area (Å²) in [4.78, 5) is 11.6. The van der Waals surface area contributed by atoms with Gasteiger partial charge >= 0.3 is 0 Å². The van der Waals surface area contributed by atoms with Crippen LogP contribution in [0, 0.1) is 0 Å². The summed E-state index contributed by atoms with van der Waals surface area (Å²) in [5.41, 5.74) is 2.35. The number of hydrogen-bond acceptors (Lipinski definition) is 2. The minimum atomic E-state index is -0.0607. The molecule has 110 valence electrons. The van der Waals surface area contributed by atoms with Gasteiger partial charge in [0.2, 0.25) is 5.91 Å². The van der Waals surface area contributed by atoms with Crippen LogP contribution in [0.5, 0.6) is 0 Å². The molecule has 0 spiro atoms. The van der Waals surface area contributed by atoms with Crippen LogP contribution in [0.1, 0.15) is 44.2 Å². The van der Waals surface area contributed by atoms with Crippen molar-refractivity contribution in [3.63, 3.8) is 0 Å². The number of benzene rings is 1. The fraction of sp³-hybridized carbons (Fsp3) is 0.471. The zero-order valence-electron chi connectivity index (χ0n) is 12.7. The van der Waals surface area contributed by atoms with E-state index in [9.17, 15) is 4.79 Å². The molecule has 0 aliphatic carbocycles. The average molecular weight is 275 g/mol. The van der Waals surface area contributed by atoms with Crippen LogP contribution in [0.4, 0.5) is 0 Å². The standard InChI is InChI=1S/C17H25NO2/c1-4-20-13-5-12-18-17(19)11-8-15-6-9-16(10-7-15)14(2)3/h6-11,14H,4-5,12-13H2,1-3H3,(H,18,19)/b11-8+. The lowest BCUT2D eigenvalue weighted by Gasteiger charge is -2.05. The fourth-order valence-corrected chi connectivity index (χ4v) is 1.75. The Balaban J connectivity index is 2.33. The van der Waals surface area contributed by atoms with Crippen LogP contribution in [0.2, 0.25) is 0 Å². The third-order valence-corrected chi connectivity index (χ3v) is 3.00. The van der Waals surface area contributed by atoms with Gasteiger partial charge in [0, 0.05) is 25.8 Å². The molecule has 3 heteroatoms. The monoisotopic (exact) mass is 275 g/mol. The van der Waals surface area contributed by atoms with Crippen LogP contribution in [0.3, 0.4) is 0 Å². The summed E-state index contributed by atoms with van der Waals surface area (Å²) in [5, 5.41) is 2.84. The molecule has 0 bridgehead atoms. The molecule has 0 saturated heterocycles. The molecule has 0 atom stereocenters. The second kappa shape index (κ2) is 9.32. The molecule has 0 heterocycles. The fourth-order valence-electron chi connectivity index (χ4n) is 1.75. The van der Waals surface area contributed by atoms with E-state index in [1.165, 1.54) is 5.56 Å². The lowest BCUT2D eigenvalue weighted by Crippen LogP contribution is -2.23. The molecule has 1 aromatic carbocycles. The number of hydrogen-bond donors (Lipinski definition) is 1. The smallest absolute Gasteiger partial charge is 0.244 e. The van der Waals surface area contributed by atoms with E-state index in [2.05, 4.69) is 31.3 Å². The molecule has 0 fully saturated rings. The summed E-state index contributed by atoms with van der Waals surface area (Å²) in [5.74, 6) is 0.469. The Morgan fingerprint density at radius 1 is 1.30 bits per heavy atom. The summed E-state index contributed by atoms with van der Waals surface area (Å²) in [7, 11) is 0. The van der Waals surface area contributed by atoms with Crippen molar-refractivity contribution < 1.29 is 9.53 Å². The molecule has 0 aliphatic rings. The van der Waals surface area contributed by atoms with Gasteiger partial charge in [0.1, 0.15) is 0 Å². The van der Waals surface area contributed by atoms with Gasteiger partial charge in [-0.05, 0) is 36.5 Å². The first-order chi connectivity index (χ1) is 9.63. The number of carbonyl (C=O) groups excluding carboxylic acids is 1. The topological polar surface area (TPSA) is 38.3 Å². The van der Waals surface area contributed by atoms with E-state index in [4.69, 9.17) is 4.74 Å². The van der Waals surface area contributed by atoms with E-state index in [1.807, 2.05) is 25.1 Å². The zero-order valence-corrected chi connectivity index (χ0v) is 12.7. The Morgan fingerprint density at radius 3 is 2.60 bits per heavy atom. The van der Waals surface area contributed by atoms with Gasteiger partial charge in [-0.3, -0.25) is 4.79 Å². The van der Waals surface area contributed by atoms with Gasteiger partial charge in [0.15, 0.2) is 0 Å². The summed E-state index contributed by atoms with van der Waals surface area (Å²) >= 11 is 0. The quantitative estimate of drug-likeness (QED) is 0.583. The maximum absolute atomic E-state index is 11.6. The average Bonchev–Trinajstić information content (AvgIpc) is 2.45. The highest BCUT2D eigenvalue weighted by atomic mass is 16.5. The van der Waals surface area contributed by atoms with Crippen molar-refractivity contribution in [1.29, 1.82) is 0 Å². The van der Waals surface area contributed by atoms with E-state index in [0.29, 0.717) is 19.1 Å². The summed E-state index contributed by atoms with van der Waals surface area (Å²) in [6.45, 7) is 8.36. The molecule has 1 aromatic rings. The molecule has 0 aliphatic heterocycles. The normalized spacial score (nSPS) is 11.2. The minimum absolute atomic E-state index is 0.0607. The van der Waals surface area contributed by atoms with Gasteiger partial charge in [-0.1, -0.05) is 38.1 Å². The van der Waals surface area contributed by atoms with Crippen LogP contribution >= 0.6 is 0 Å². The van der Waals surface area contributed by atoms with Gasteiger partial charge < -0.3 is 10.1 Å². The zero-order chi connectivity index (χ0) is 14.8. The van der Waals surface area contributed by atoms with Gasteiger partial charge in [-0.25, -0.2) is 0 Å². The first-order valence-electron chi connectivity index (χ1n) is 7.27. The van der Waals surface area contributed by atoms with Crippen molar-refractivity contribution in [2.75, 3.05) is 19.8 Å². The summed E-state index contributed by atoms with van der Waals surface area (Å²) < 4.78 is 5.21. The molecule has 0 radical (unpaired) electrons. The first kappa shape index (κ1) is 16.4. The lowest BCUT2D eigenvalue weighted by atomic mass is 10.0. The molecule has 0 unspecified atom stereocenters. The highest BCUT2D eigenvalue weighted by molar-refractivity contribution is 5.91. The number of rotatable bonds is 8. The molecule has 1 N–H and O–H groups in total. The van der Waals surface area contributed by atoms with Gasteiger partial charge in [0.05, 0.1) is 0 Å². The van der Waals surface area contributed by atoms with Crippen molar-refractivity contribution >= 4 is 12.0 Å². The second-order valence-corrected chi connectivity index (χ2v) is 5.00. The van der Waals surface area contributed by atoms with E-state index in [1.54, 1.807) is 6.08 Å². The Kier molecular flexibility index (Phi) is 7.66. The van der Waals surface area contributed by atoms with Crippen LogP contribution in [0.25, 0.3) is 6.08 Å². The maximum atomic E-state index is 11.6. The van der Waals surface area contributed by atoms with Crippen molar-refractivity contribution in [2.45, 2.75) is 33.1 Å². The van der Waals surface area contributed by atoms with Crippen LogP contribution in [0.15, 0.2) is 30.3 Å². The van der Waals surface area contributed by atoms with E-state index < -0.39 is 0 Å². The van der Waals surface area contributed by atoms with Crippen LogP contribution in [-0.2, 0) is 9.53 Å². The Bertz CT molecular complexity index is 421. The largest absolute Gasteiger partial charge is 0.382 e. The molecule has 20 heavy (non-hydrogen) atoms. The molecule has 1 rings (SSSR count). The Labute approximate surface area is 122 Å². The predicted octanol–water partition coefficient (Wildman–Crippen LogP) is 3.37. The predicted molar refractivity (Wildman–Crippen MR) is 83.7 cm³/mol. The van der Waals surface area contributed by atoms with Crippen molar-refractivity contribution in [3.05, 3.63) is 41.5 Å². The molecular formula is C17H25NO2. The van der Waals surface area contributed by atoms with Crippen molar-refractivity contribution in [1.82, 2.24) is 5.32 Å². The highest BCUT2D eigenvalue weighted by Gasteiger charge is 1.98. The minimum Gasteiger partial charge on any atom is -0.382 e. The van der Waals surface area contributed by atoms with Crippen molar-refractivity contribution in [3.8, 4) is 0 Å². The van der Waals surface area contributed by atoms with Crippen molar-refractivity contribution in [2.24, 2.45) is 0 Å². The molecule has 3 nitrogen and oxygen atoms in total. The molecule has 0 saturated carbocycles. The number of nitrogens with one attached hydrogen (secondary N) is 1. The van der Waals surface area contributed by atoms with Gasteiger partial charge in [0.25, 0.3) is 0 Å². The SMILES string of the molecule is CCOCCCNC(=O)/C=C/c1ccc(C(C)C)cc1. The summed E-state index contributed by atoms with van der Waals surface area (Å²) in [6, 6.07) is 8.27. The number of ether oxygens (including phenoxy) is 1. The maximum Gasteiger partial charge on any atom is 0.244 e. The number of amides is 1. The van der Waals surface area contributed by atoms with Crippen LogP contribution in [-0.4, -0.2) is 25.7 Å². The number of carbonyl (C=O) groups is 1. The lowest BCUT2D eigenvalue weighted by molar-refractivity contribution is -0.116. The van der Waals surface area contributed by atoms with E-state index >= 15 is 0 Å². The summed E-state index contributed by atoms with van der Waals surface area (Å²) in [6.07, 6.45) is 4.25. The Morgan fingerprint density at radius 2 is 2.00 bits per heavy atom. The Hall–Kier alpha value is -1.61.